The standard InChI is InChI=1S/C13H20N2O3/c1-2-11-4-3-7-15(11)13(18)14-10-6-5-9(8-10)12(16)17/h5-6,9-11H,2-4,7-8H2,1H3,(H,14,18)(H,16,17). The number of aliphatic carboxylic acids is 1. The molecule has 0 aromatic rings. The Kier molecular flexibility index (Phi) is 3.89. The van der Waals surface area contributed by atoms with E-state index in [1.807, 2.05) is 4.90 Å². The van der Waals surface area contributed by atoms with Crippen LogP contribution in [0.4, 0.5) is 4.79 Å². The van der Waals surface area contributed by atoms with Crippen molar-refractivity contribution in [3.05, 3.63) is 12.2 Å². The molecule has 2 N–H and O–H groups in total. The lowest BCUT2D eigenvalue weighted by molar-refractivity contribution is -0.140. The van der Waals surface area contributed by atoms with Crippen molar-refractivity contribution in [3.8, 4) is 0 Å². The van der Waals surface area contributed by atoms with Gasteiger partial charge in [-0.05, 0) is 25.7 Å². The lowest BCUT2D eigenvalue weighted by Crippen LogP contribution is -2.46. The van der Waals surface area contributed by atoms with Crippen molar-refractivity contribution < 1.29 is 14.7 Å². The van der Waals surface area contributed by atoms with Crippen molar-refractivity contribution in [2.75, 3.05) is 6.54 Å². The minimum Gasteiger partial charge on any atom is -0.481 e. The third-order valence-corrected chi connectivity index (χ3v) is 3.82. The molecule has 0 radical (unpaired) electrons. The summed E-state index contributed by atoms with van der Waals surface area (Å²) < 4.78 is 0. The number of carboxylic acids is 1. The molecule has 5 nitrogen and oxygen atoms in total. The van der Waals surface area contributed by atoms with Crippen LogP contribution in [0.5, 0.6) is 0 Å². The zero-order valence-electron chi connectivity index (χ0n) is 10.6. The van der Waals surface area contributed by atoms with Crippen molar-refractivity contribution in [2.24, 2.45) is 5.92 Å². The number of nitrogens with zero attached hydrogens (tertiary/aromatic N) is 1. The van der Waals surface area contributed by atoms with Gasteiger partial charge in [-0.2, -0.15) is 0 Å². The number of carboxylic acid groups (broad SMARTS) is 1. The van der Waals surface area contributed by atoms with E-state index in [2.05, 4.69) is 12.2 Å². The molecule has 18 heavy (non-hydrogen) atoms. The Morgan fingerprint density at radius 3 is 2.83 bits per heavy atom. The maximum absolute atomic E-state index is 12.1. The minimum absolute atomic E-state index is 0.0555. The summed E-state index contributed by atoms with van der Waals surface area (Å²) in [5.74, 6) is -1.29. The number of hydrogen-bond acceptors (Lipinski definition) is 2. The van der Waals surface area contributed by atoms with Gasteiger partial charge in [-0.15, -0.1) is 0 Å². The molecule has 3 unspecified atom stereocenters. The van der Waals surface area contributed by atoms with Crippen molar-refractivity contribution >= 4 is 12.0 Å². The molecule has 2 aliphatic rings. The molecular weight excluding hydrogens is 232 g/mol. The van der Waals surface area contributed by atoms with E-state index in [0.717, 1.165) is 25.8 Å². The van der Waals surface area contributed by atoms with E-state index in [0.29, 0.717) is 12.5 Å². The lowest BCUT2D eigenvalue weighted by Gasteiger charge is -2.25. The van der Waals surface area contributed by atoms with Gasteiger partial charge in [0, 0.05) is 12.6 Å². The summed E-state index contributed by atoms with van der Waals surface area (Å²) in [6.45, 7) is 2.90. The molecule has 5 heteroatoms. The van der Waals surface area contributed by atoms with Crippen molar-refractivity contribution in [3.63, 3.8) is 0 Å². The second kappa shape index (κ2) is 5.42. The topological polar surface area (TPSA) is 69.6 Å². The quantitative estimate of drug-likeness (QED) is 0.749. The highest BCUT2D eigenvalue weighted by Gasteiger charge is 2.30. The van der Waals surface area contributed by atoms with Gasteiger partial charge in [0.05, 0.1) is 12.0 Å². The Bertz CT molecular complexity index is 367. The summed E-state index contributed by atoms with van der Waals surface area (Å²) in [7, 11) is 0. The molecule has 0 bridgehead atoms. The fourth-order valence-corrected chi connectivity index (χ4v) is 2.76. The second-order valence-electron chi connectivity index (χ2n) is 5.02. The van der Waals surface area contributed by atoms with E-state index < -0.39 is 11.9 Å². The molecule has 0 saturated carbocycles. The molecule has 1 aliphatic carbocycles. The number of urea groups is 1. The molecule has 0 spiro atoms. The van der Waals surface area contributed by atoms with Gasteiger partial charge in [0.2, 0.25) is 0 Å². The average molecular weight is 252 g/mol. The number of carbonyl (C=O) groups excluding carboxylic acids is 1. The first kappa shape index (κ1) is 12.9. The van der Waals surface area contributed by atoms with Crippen molar-refractivity contribution in [1.29, 1.82) is 0 Å². The van der Waals surface area contributed by atoms with Crippen molar-refractivity contribution in [2.45, 2.75) is 44.7 Å². The molecule has 2 rings (SSSR count). The minimum atomic E-state index is -0.824. The van der Waals surface area contributed by atoms with Gasteiger partial charge in [0.25, 0.3) is 0 Å². The molecule has 3 atom stereocenters. The molecular formula is C13H20N2O3. The van der Waals surface area contributed by atoms with Gasteiger partial charge >= 0.3 is 12.0 Å². The summed E-state index contributed by atoms with van der Waals surface area (Å²) in [4.78, 5) is 24.8. The van der Waals surface area contributed by atoms with Crippen LogP contribution >= 0.6 is 0 Å². The van der Waals surface area contributed by atoms with E-state index in [9.17, 15) is 9.59 Å². The number of hydrogen-bond donors (Lipinski definition) is 2. The maximum atomic E-state index is 12.1. The zero-order valence-corrected chi connectivity index (χ0v) is 10.6. The van der Waals surface area contributed by atoms with Crippen LogP contribution in [0.3, 0.4) is 0 Å². The van der Waals surface area contributed by atoms with Gasteiger partial charge < -0.3 is 15.3 Å². The smallest absolute Gasteiger partial charge is 0.318 e. The monoisotopic (exact) mass is 252 g/mol. The third kappa shape index (κ3) is 2.66. The van der Waals surface area contributed by atoms with Crippen LogP contribution < -0.4 is 5.32 Å². The highest BCUT2D eigenvalue weighted by atomic mass is 16.4. The molecule has 100 valence electrons. The molecule has 1 aliphatic heterocycles. The van der Waals surface area contributed by atoms with E-state index in [-0.39, 0.29) is 12.1 Å². The van der Waals surface area contributed by atoms with Crippen LogP contribution in [0.15, 0.2) is 12.2 Å². The van der Waals surface area contributed by atoms with Gasteiger partial charge in [0.1, 0.15) is 0 Å². The van der Waals surface area contributed by atoms with Crippen LogP contribution in [0.1, 0.15) is 32.6 Å². The highest BCUT2D eigenvalue weighted by molar-refractivity contribution is 5.77. The summed E-state index contributed by atoms with van der Waals surface area (Å²) in [5, 5.41) is 11.8. The van der Waals surface area contributed by atoms with Crippen LogP contribution in [0.2, 0.25) is 0 Å². The molecule has 1 fully saturated rings. The largest absolute Gasteiger partial charge is 0.481 e. The van der Waals surface area contributed by atoms with Crippen LogP contribution in [0, 0.1) is 5.92 Å². The van der Waals surface area contributed by atoms with Crippen LogP contribution in [-0.2, 0) is 4.79 Å². The van der Waals surface area contributed by atoms with Crippen LogP contribution in [0.25, 0.3) is 0 Å². The fraction of sp³-hybridized carbons (Fsp3) is 0.692. The zero-order chi connectivity index (χ0) is 13.1. The van der Waals surface area contributed by atoms with E-state index in [1.165, 1.54) is 0 Å². The third-order valence-electron chi connectivity index (χ3n) is 3.82. The first-order valence-corrected chi connectivity index (χ1v) is 6.60. The normalized spacial score (nSPS) is 30.7. The predicted molar refractivity (Wildman–Crippen MR) is 67.2 cm³/mol. The number of nitrogens with one attached hydrogen (secondary N) is 1. The molecule has 0 aromatic heterocycles. The van der Waals surface area contributed by atoms with Gasteiger partial charge in [-0.1, -0.05) is 19.1 Å². The molecule has 1 heterocycles. The van der Waals surface area contributed by atoms with Gasteiger partial charge in [0.15, 0.2) is 0 Å². The van der Waals surface area contributed by atoms with Crippen LogP contribution in [-0.4, -0.2) is 40.6 Å². The van der Waals surface area contributed by atoms with Gasteiger partial charge in [-0.25, -0.2) is 4.79 Å². The number of rotatable bonds is 3. The second-order valence-corrected chi connectivity index (χ2v) is 5.02. The Labute approximate surface area is 107 Å². The van der Waals surface area contributed by atoms with Gasteiger partial charge in [-0.3, -0.25) is 4.79 Å². The Balaban J connectivity index is 1.85. The number of amides is 2. The predicted octanol–water partition coefficient (Wildman–Crippen LogP) is 1.60. The van der Waals surface area contributed by atoms with Crippen molar-refractivity contribution in [1.82, 2.24) is 10.2 Å². The Morgan fingerprint density at radius 2 is 2.22 bits per heavy atom. The molecule has 1 saturated heterocycles. The maximum Gasteiger partial charge on any atom is 0.318 e. The van der Waals surface area contributed by atoms with E-state index >= 15 is 0 Å². The fourth-order valence-electron chi connectivity index (χ4n) is 2.76. The van der Waals surface area contributed by atoms with E-state index in [1.54, 1.807) is 12.2 Å². The summed E-state index contributed by atoms with van der Waals surface area (Å²) >= 11 is 0. The summed E-state index contributed by atoms with van der Waals surface area (Å²) in [6.07, 6.45) is 7.02. The Hall–Kier alpha value is -1.52. The molecule has 2 amide bonds. The Morgan fingerprint density at radius 1 is 1.44 bits per heavy atom. The average Bonchev–Trinajstić information content (AvgIpc) is 2.96. The summed E-state index contributed by atoms with van der Waals surface area (Å²) in [5.41, 5.74) is 0. The number of carbonyl (C=O) groups is 2. The highest BCUT2D eigenvalue weighted by Crippen LogP contribution is 2.22. The van der Waals surface area contributed by atoms with E-state index in [4.69, 9.17) is 5.11 Å². The summed E-state index contributed by atoms with van der Waals surface area (Å²) in [6, 6.07) is 0.141. The first-order chi connectivity index (χ1) is 8.61. The number of likely N-dealkylation sites (tertiary alicyclic amines) is 1. The SMILES string of the molecule is CCC1CCCN1C(=O)NC1C=CC(C(=O)O)C1. The lowest BCUT2D eigenvalue weighted by atomic mass is 10.1. The first-order valence-electron chi connectivity index (χ1n) is 6.60. The molecule has 0 aromatic carbocycles.